The number of anilines is 1. The molecule has 1 N–H and O–H groups in total. The first-order valence-electron chi connectivity index (χ1n) is 5.62. The highest BCUT2D eigenvalue weighted by Crippen LogP contribution is 2.20. The van der Waals surface area contributed by atoms with Crippen LogP contribution in [0.3, 0.4) is 0 Å². The van der Waals surface area contributed by atoms with Crippen LogP contribution in [0.25, 0.3) is 0 Å². The Morgan fingerprint density at radius 3 is 2.88 bits per heavy atom. The molecular formula is C13H17N3S. The maximum Gasteiger partial charge on any atom is 0.0795 e. The summed E-state index contributed by atoms with van der Waals surface area (Å²) in [6, 6.07) is 8.46. The topological polar surface area (TPSA) is 28.2 Å². The van der Waals surface area contributed by atoms with Crippen molar-refractivity contribution < 1.29 is 0 Å². The van der Waals surface area contributed by atoms with E-state index in [1.807, 2.05) is 12.6 Å². The van der Waals surface area contributed by atoms with E-state index in [0.717, 1.165) is 18.8 Å². The summed E-state index contributed by atoms with van der Waals surface area (Å²) < 4.78 is 0. The van der Waals surface area contributed by atoms with Crippen molar-refractivity contribution in [3.05, 3.63) is 46.4 Å². The van der Waals surface area contributed by atoms with Gasteiger partial charge in [0.1, 0.15) is 0 Å². The van der Waals surface area contributed by atoms with E-state index in [9.17, 15) is 0 Å². The number of nitrogens with one attached hydrogen (secondary N) is 1. The van der Waals surface area contributed by atoms with Gasteiger partial charge in [-0.15, -0.1) is 11.3 Å². The lowest BCUT2D eigenvalue weighted by Gasteiger charge is -2.21. The summed E-state index contributed by atoms with van der Waals surface area (Å²) >= 11 is 1.64. The first-order valence-corrected chi connectivity index (χ1v) is 6.56. The SMILES string of the molecule is CNCc1ccccc1N(C)Cc1cscn1. The summed E-state index contributed by atoms with van der Waals surface area (Å²) in [6.45, 7) is 1.74. The average molecular weight is 247 g/mol. The van der Waals surface area contributed by atoms with Gasteiger partial charge >= 0.3 is 0 Å². The van der Waals surface area contributed by atoms with Crippen molar-refractivity contribution in [2.75, 3.05) is 19.0 Å². The van der Waals surface area contributed by atoms with Gasteiger partial charge in [0.25, 0.3) is 0 Å². The predicted molar refractivity (Wildman–Crippen MR) is 73.4 cm³/mol. The van der Waals surface area contributed by atoms with E-state index < -0.39 is 0 Å². The van der Waals surface area contributed by atoms with Crippen molar-refractivity contribution in [1.82, 2.24) is 10.3 Å². The molecule has 0 saturated heterocycles. The number of hydrogen-bond donors (Lipinski definition) is 1. The average Bonchev–Trinajstić information content (AvgIpc) is 2.83. The van der Waals surface area contributed by atoms with Gasteiger partial charge in [0.2, 0.25) is 0 Å². The zero-order valence-electron chi connectivity index (χ0n) is 10.2. The van der Waals surface area contributed by atoms with E-state index >= 15 is 0 Å². The third-order valence-corrected chi connectivity index (χ3v) is 3.29. The van der Waals surface area contributed by atoms with Crippen LogP contribution in [0.1, 0.15) is 11.3 Å². The Labute approximate surface area is 106 Å². The third-order valence-electron chi connectivity index (χ3n) is 2.65. The van der Waals surface area contributed by atoms with Crippen LogP contribution in [0, 0.1) is 0 Å². The quantitative estimate of drug-likeness (QED) is 0.880. The molecule has 2 rings (SSSR count). The largest absolute Gasteiger partial charge is 0.368 e. The summed E-state index contributed by atoms with van der Waals surface area (Å²) in [5, 5.41) is 5.29. The van der Waals surface area contributed by atoms with Gasteiger partial charge < -0.3 is 10.2 Å². The molecule has 4 heteroatoms. The zero-order valence-corrected chi connectivity index (χ0v) is 11.0. The summed E-state index contributed by atoms with van der Waals surface area (Å²) in [4.78, 5) is 6.56. The molecular weight excluding hydrogens is 230 g/mol. The van der Waals surface area contributed by atoms with Crippen LogP contribution in [-0.2, 0) is 13.1 Å². The van der Waals surface area contributed by atoms with Gasteiger partial charge in [0.15, 0.2) is 0 Å². The fourth-order valence-electron chi connectivity index (χ4n) is 1.87. The minimum Gasteiger partial charge on any atom is -0.368 e. The summed E-state index contributed by atoms with van der Waals surface area (Å²) in [5.41, 5.74) is 5.57. The van der Waals surface area contributed by atoms with E-state index in [4.69, 9.17) is 0 Å². The number of hydrogen-bond acceptors (Lipinski definition) is 4. The molecule has 0 fully saturated rings. The Hall–Kier alpha value is -1.39. The molecule has 90 valence electrons. The molecule has 0 spiro atoms. The number of thiazole rings is 1. The molecule has 1 aromatic heterocycles. The Bertz CT molecular complexity index is 453. The lowest BCUT2D eigenvalue weighted by molar-refractivity contribution is 0.803. The van der Waals surface area contributed by atoms with Gasteiger partial charge in [-0.25, -0.2) is 4.98 Å². The van der Waals surface area contributed by atoms with Crippen molar-refractivity contribution in [1.29, 1.82) is 0 Å². The molecule has 0 aliphatic heterocycles. The van der Waals surface area contributed by atoms with E-state index in [1.165, 1.54) is 11.3 Å². The first-order chi connectivity index (χ1) is 8.31. The van der Waals surface area contributed by atoms with E-state index in [1.54, 1.807) is 11.3 Å². The Balaban J connectivity index is 2.15. The molecule has 0 aliphatic carbocycles. The molecule has 0 bridgehead atoms. The van der Waals surface area contributed by atoms with Gasteiger partial charge in [-0.3, -0.25) is 0 Å². The van der Waals surface area contributed by atoms with Crippen LogP contribution >= 0.6 is 11.3 Å². The van der Waals surface area contributed by atoms with Gasteiger partial charge in [-0.1, -0.05) is 18.2 Å². The molecule has 0 unspecified atom stereocenters. The van der Waals surface area contributed by atoms with E-state index in [-0.39, 0.29) is 0 Å². The second kappa shape index (κ2) is 5.80. The monoisotopic (exact) mass is 247 g/mol. The Morgan fingerprint density at radius 1 is 1.35 bits per heavy atom. The second-order valence-electron chi connectivity index (χ2n) is 3.99. The highest BCUT2D eigenvalue weighted by molar-refractivity contribution is 7.07. The van der Waals surface area contributed by atoms with E-state index in [0.29, 0.717) is 0 Å². The zero-order chi connectivity index (χ0) is 12.1. The minimum atomic E-state index is 0.851. The van der Waals surface area contributed by atoms with Crippen molar-refractivity contribution >= 4 is 17.0 Å². The van der Waals surface area contributed by atoms with Crippen LogP contribution in [0.2, 0.25) is 0 Å². The van der Waals surface area contributed by atoms with Crippen LogP contribution in [0.5, 0.6) is 0 Å². The maximum absolute atomic E-state index is 4.32. The third kappa shape index (κ3) is 3.05. The standard InChI is InChI=1S/C13H17N3S/c1-14-7-11-5-3-4-6-13(11)16(2)8-12-9-17-10-15-12/h3-6,9-10,14H,7-8H2,1-2H3. The van der Waals surface area contributed by atoms with Gasteiger partial charge in [0.05, 0.1) is 17.7 Å². The molecule has 0 aliphatic rings. The predicted octanol–water partition coefficient (Wildman–Crippen LogP) is 2.50. The first kappa shape index (κ1) is 12.1. The molecule has 1 heterocycles. The molecule has 3 nitrogen and oxygen atoms in total. The van der Waals surface area contributed by atoms with Crippen LogP contribution in [0.15, 0.2) is 35.2 Å². The van der Waals surface area contributed by atoms with Crippen LogP contribution < -0.4 is 10.2 Å². The second-order valence-corrected chi connectivity index (χ2v) is 4.71. The molecule has 1 aromatic carbocycles. The van der Waals surface area contributed by atoms with Crippen molar-refractivity contribution in [2.24, 2.45) is 0 Å². The Kier molecular flexibility index (Phi) is 4.12. The van der Waals surface area contributed by atoms with Crippen molar-refractivity contribution in [3.63, 3.8) is 0 Å². The smallest absolute Gasteiger partial charge is 0.0795 e. The summed E-state index contributed by atoms with van der Waals surface area (Å²) in [6.07, 6.45) is 0. The van der Waals surface area contributed by atoms with Gasteiger partial charge in [-0.2, -0.15) is 0 Å². The van der Waals surface area contributed by atoms with Gasteiger partial charge in [0, 0.05) is 24.7 Å². The molecule has 0 amide bonds. The molecule has 0 saturated carbocycles. The number of para-hydroxylation sites is 1. The lowest BCUT2D eigenvalue weighted by Crippen LogP contribution is -2.19. The fourth-order valence-corrected chi connectivity index (χ4v) is 2.42. The van der Waals surface area contributed by atoms with E-state index in [2.05, 4.69) is 51.9 Å². The summed E-state index contributed by atoms with van der Waals surface area (Å²) in [5.74, 6) is 0. The Morgan fingerprint density at radius 2 is 2.18 bits per heavy atom. The molecule has 17 heavy (non-hydrogen) atoms. The van der Waals surface area contributed by atoms with Crippen molar-refractivity contribution in [2.45, 2.75) is 13.1 Å². The minimum absolute atomic E-state index is 0.851. The van der Waals surface area contributed by atoms with Crippen LogP contribution in [-0.4, -0.2) is 19.1 Å². The fraction of sp³-hybridized carbons (Fsp3) is 0.308. The lowest BCUT2D eigenvalue weighted by atomic mass is 10.1. The number of aromatic nitrogens is 1. The number of rotatable bonds is 5. The molecule has 0 radical (unpaired) electrons. The normalized spacial score (nSPS) is 10.5. The van der Waals surface area contributed by atoms with Crippen LogP contribution in [0.4, 0.5) is 5.69 Å². The highest BCUT2D eigenvalue weighted by atomic mass is 32.1. The highest BCUT2D eigenvalue weighted by Gasteiger charge is 2.07. The maximum atomic E-state index is 4.32. The van der Waals surface area contributed by atoms with Gasteiger partial charge in [-0.05, 0) is 18.7 Å². The summed E-state index contributed by atoms with van der Waals surface area (Å²) in [7, 11) is 4.07. The number of benzene rings is 1. The molecule has 2 aromatic rings. The number of nitrogens with zero attached hydrogens (tertiary/aromatic N) is 2. The van der Waals surface area contributed by atoms with Crippen molar-refractivity contribution in [3.8, 4) is 0 Å². The molecule has 0 atom stereocenters.